The second kappa shape index (κ2) is 9.86. The number of hydrogen-bond donors (Lipinski definition) is 2. The highest BCUT2D eigenvalue weighted by Gasteiger charge is 2.24. The maximum Gasteiger partial charge on any atom is 0.253 e. The van der Waals surface area contributed by atoms with E-state index in [1.54, 1.807) is 35.7 Å². The average Bonchev–Trinajstić information content (AvgIpc) is 3.30. The Morgan fingerprint density at radius 2 is 1.68 bits per heavy atom. The molecule has 7 nitrogen and oxygen atoms in total. The van der Waals surface area contributed by atoms with Crippen LogP contribution in [0.2, 0.25) is 0 Å². The van der Waals surface area contributed by atoms with E-state index in [9.17, 15) is 18.0 Å². The summed E-state index contributed by atoms with van der Waals surface area (Å²) in [6.45, 7) is 1.50. The Kier molecular flexibility index (Phi) is 7.21. The van der Waals surface area contributed by atoms with Crippen LogP contribution in [-0.4, -0.2) is 38.1 Å². The Balaban J connectivity index is 1.68. The molecule has 0 aliphatic rings. The number of sulfonamides is 1. The summed E-state index contributed by atoms with van der Waals surface area (Å²) in [7, 11) is -2.40. The smallest absolute Gasteiger partial charge is 0.253 e. The van der Waals surface area contributed by atoms with E-state index in [1.165, 1.54) is 13.1 Å². The topological polar surface area (TPSA) is 95.6 Å². The number of para-hydroxylation sites is 1. The molecule has 3 rings (SSSR count). The van der Waals surface area contributed by atoms with Crippen LogP contribution < -0.4 is 10.6 Å². The molecule has 0 bridgehead atoms. The highest BCUT2D eigenvalue weighted by molar-refractivity contribution is 7.91. The first-order valence-corrected chi connectivity index (χ1v) is 11.9. The lowest BCUT2D eigenvalue weighted by Crippen LogP contribution is -2.35. The Morgan fingerprint density at radius 1 is 1.00 bits per heavy atom. The molecule has 0 saturated carbocycles. The van der Waals surface area contributed by atoms with Crippen molar-refractivity contribution in [1.82, 2.24) is 9.62 Å². The minimum Gasteiger partial charge on any atom is -0.345 e. The molecule has 3 aromatic rings. The van der Waals surface area contributed by atoms with Crippen molar-refractivity contribution in [2.45, 2.75) is 17.2 Å². The van der Waals surface area contributed by atoms with Crippen molar-refractivity contribution in [1.29, 1.82) is 0 Å². The lowest BCUT2D eigenvalue weighted by atomic mass is 10.1. The van der Waals surface area contributed by atoms with Gasteiger partial charge < -0.3 is 10.6 Å². The quantitative estimate of drug-likeness (QED) is 0.541. The molecule has 1 heterocycles. The monoisotopic (exact) mass is 457 g/mol. The lowest BCUT2D eigenvalue weighted by molar-refractivity contribution is -0.116. The predicted molar refractivity (Wildman–Crippen MR) is 122 cm³/mol. The van der Waals surface area contributed by atoms with E-state index >= 15 is 0 Å². The molecule has 1 atom stereocenters. The summed E-state index contributed by atoms with van der Waals surface area (Å²) in [5.74, 6) is -0.884. The minimum absolute atomic E-state index is 0.164. The lowest BCUT2D eigenvalue weighted by Gasteiger charge is -2.18. The van der Waals surface area contributed by atoms with E-state index < -0.39 is 15.9 Å². The molecular formula is C22H23N3O4S2. The van der Waals surface area contributed by atoms with Crippen LogP contribution in [0.4, 0.5) is 5.69 Å². The molecule has 162 valence electrons. The number of thiophene rings is 1. The van der Waals surface area contributed by atoms with Gasteiger partial charge in [-0.25, -0.2) is 8.42 Å². The molecule has 0 saturated heterocycles. The third-order valence-electron chi connectivity index (χ3n) is 4.62. The average molecular weight is 458 g/mol. The zero-order valence-corrected chi connectivity index (χ0v) is 18.7. The molecule has 9 heteroatoms. The number of amides is 2. The molecule has 0 radical (unpaired) electrons. The highest BCUT2D eigenvalue weighted by atomic mass is 32.2. The van der Waals surface area contributed by atoms with Crippen LogP contribution in [0.5, 0.6) is 0 Å². The van der Waals surface area contributed by atoms with Gasteiger partial charge in [0, 0.05) is 7.05 Å². The number of anilines is 1. The van der Waals surface area contributed by atoms with Crippen LogP contribution in [0, 0.1) is 0 Å². The van der Waals surface area contributed by atoms with E-state index in [0.717, 1.165) is 21.2 Å². The van der Waals surface area contributed by atoms with Crippen LogP contribution in [0.1, 0.15) is 28.9 Å². The Bertz CT molecular complexity index is 1150. The zero-order valence-electron chi connectivity index (χ0n) is 17.1. The van der Waals surface area contributed by atoms with Gasteiger partial charge in [0.15, 0.2) is 0 Å². The van der Waals surface area contributed by atoms with Gasteiger partial charge in [0.25, 0.3) is 15.9 Å². The molecule has 31 heavy (non-hydrogen) atoms. The van der Waals surface area contributed by atoms with Crippen LogP contribution in [-0.2, 0) is 14.8 Å². The molecule has 2 aromatic carbocycles. The second-order valence-electron chi connectivity index (χ2n) is 6.89. The third-order valence-corrected chi connectivity index (χ3v) is 7.80. The van der Waals surface area contributed by atoms with Gasteiger partial charge in [0.05, 0.1) is 23.8 Å². The van der Waals surface area contributed by atoms with Gasteiger partial charge in [-0.15, -0.1) is 11.3 Å². The van der Waals surface area contributed by atoms with Gasteiger partial charge in [-0.2, -0.15) is 4.31 Å². The highest BCUT2D eigenvalue weighted by Crippen LogP contribution is 2.21. The Labute approximate surface area is 185 Å². The zero-order chi connectivity index (χ0) is 22.4. The normalized spacial score (nSPS) is 12.4. The van der Waals surface area contributed by atoms with E-state index in [4.69, 9.17) is 0 Å². The molecule has 0 aliphatic carbocycles. The fourth-order valence-electron chi connectivity index (χ4n) is 2.93. The molecule has 1 aromatic heterocycles. The van der Waals surface area contributed by atoms with Crippen LogP contribution in [0.25, 0.3) is 0 Å². The van der Waals surface area contributed by atoms with Crippen LogP contribution in [0.15, 0.2) is 76.3 Å². The maximum atomic E-state index is 12.8. The fraction of sp³-hybridized carbons (Fsp3) is 0.182. The Hall–Kier alpha value is -3.01. The fourth-order valence-corrected chi connectivity index (χ4v) is 5.26. The van der Waals surface area contributed by atoms with Gasteiger partial charge in [-0.3, -0.25) is 9.59 Å². The summed E-state index contributed by atoms with van der Waals surface area (Å²) < 4.78 is 26.2. The molecule has 0 spiro atoms. The SMILES string of the molecule is C[C@H](NC(=O)c1ccccc1NC(=O)CN(C)S(=O)(=O)c1cccs1)c1ccccc1. The molecule has 0 aliphatic heterocycles. The van der Waals surface area contributed by atoms with Crippen molar-refractivity contribution in [3.63, 3.8) is 0 Å². The molecular weight excluding hydrogens is 434 g/mol. The summed E-state index contributed by atoms with van der Waals surface area (Å²) in [5.41, 5.74) is 1.56. The molecule has 2 amide bonds. The summed E-state index contributed by atoms with van der Waals surface area (Å²) in [6, 6.07) is 19.0. The van der Waals surface area contributed by atoms with Gasteiger partial charge >= 0.3 is 0 Å². The predicted octanol–water partition coefficient (Wildman–Crippen LogP) is 3.50. The minimum atomic E-state index is -3.74. The third kappa shape index (κ3) is 5.57. The number of hydrogen-bond acceptors (Lipinski definition) is 5. The van der Waals surface area contributed by atoms with E-state index in [0.29, 0.717) is 11.3 Å². The van der Waals surface area contributed by atoms with Crippen LogP contribution in [0.3, 0.4) is 0 Å². The van der Waals surface area contributed by atoms with Crippen molar-refractivity contribution >= 4 is 38.9 Å². The first kappa shape index (κ1) is 22.7. The first-order valence-electron chi connectivity index (χ1n) is 9.53. The number of benzene rings is 2. The van der Waals surface area contributed by atoms with Crippen molar-refractivity contribution in [3.8, 4) is 0 Å². The number of rotatable bonds is 8. The summed E-state index contributed by atoms with van der Waals surface area (Å²) in [4.78, 5) is 25.3. The van der Waals surface area contributed by atoms with Gasteiger partial charge in [-0.05, 0) is 36.1 Å². The van der Waals surface area contributed by atoms with Crippen molar-refractivity contribution in [2.75, 3.05) is 18.9 Å². The summed E-state index contributed by atoms with van der Waals surface area (Å²) >= 11 is 1.09. The molecule has 2 N–H and O–H groups in total. The van der Waals surface area contributed by atoms with Crippen LogP contribution >= 0.6 is 11.3 Å². The molecule has 0 fully saturated rings. The van der Waals surface area contributed by atoms with Gasteiger partial charge in [0.2, 0.25) is 5.91 Å². The van der Waals surface area contributed by atoms with Crippen molar-refractivity contribution in [2.24, 2.45) is 0 Å². The van der Waals surface area contributed by atoms with E-state index in [2.05, 4.69) is 10.6 Å². The standard InChI is InChI=1S/C22H23N3O4S2/c1-16(17-9-4-3-5-10-17)23-22(27)18-11-6-7-12-19(18)24-20(26)15-25(2)31(28,29)21-13-8-14-30-21/h3-14,16H,15H2,1-2H3,(H,23,27)(H,24,26)/t16-/m0/s1. The largest absolute Gasteiger partial charge is 0.345 e. The molecule has 0 unspecified atom stereocenters. The maximum absolute atomic E-state index is 12.8. The number of carbonyl (C=O) groups excluding carboxylic acids is 2. The summed E-state index contributed by atoms with van der Waals surface area (Å²) in [6.07, 6.45) is 0. The van der Waals surface area contributed by atoms with Gasteiger partial charge in [0.1, 0.15) is 4.21 Å². The van der Waals surface area contributed by atoms with Crippen molar-refractivity contribution in [3.05, 3.63) is 83.2 Å². The van der Waals surface area contributed by atoms with E-state index in [-0.39, 0.29) is 22.7 Å². The van der Waals surface area contributed by atoms with Crippen molar-refractivity contribution < 1.29 is 18.0 Å². The summed E-state index contributed by atoms with van der Waals surface area (Å²) in [5, 5.41) is 7.22. The Morgan fingerprint density at radius 3 is 2.35 bits per heavy atom. The number of nitrogens with one attached hydrogen (secondary N) is 2. The van der Waals surface area contributed by atoms with E-state index in [1.807, 2.05) is 37.3 Å². The number of carbonyl (C=O) groups is 2. The number of likely N-dealkylation sites (N-methyl/N-ethyl adjacent to an activating group) is 1. The number of nitrogens with zero attached hydrogens (tertiary/aromatic N) is 1. The second-order valence-corrected chi connectivity index (χ2v) is 10.1. The van der Waals surface area contributed by atoms with Gasteiger partial charge in [-0.1, -0.05) is 48.5 Å². The first-order chi connectivity index (χ1) is 14.8.